The van der Waals surface area contributed by atoms with Gasteiger partial charge in [0, 0.05) is 41.5 Å². The van der Waals surface area contributed by atoms with Crippen LogP contribution >= 0.6 is 23.1 Å². The van der Waals surface area contributed by atoms with E-state index < -0.39 is 0 Å². The zero-order chi connectivity index (χ0) is 19.9. The first kappa shape index (κ1) is 20.1. The minimum atomic E-state index is -0.126. The Morgan fingerprint density at radius 1 is 0.964 bits per heavy atom. The Balaban J connectivity index is 1.50. The number of carbonyl (C=O) groups is 2. The molecule has 144 valence electrons. The fourth-order valence-corrected chi connectivity index (χ4v) is 4.30. The van der Waals surface area contributed by atoms with E-state index in [-0.39, 0.29) is 11.8 Å². The maximum absolute atomic E-state index is 12.3. The number of nitrogens with zero attached hydrogens (tertiary/aromatic N) is 1. The lowest BCUT2D eigenvalue weighted by atomic mass is 10.1. The van der Waals surface area contributed by atoms with Gasteiger partial charge in [0.05, 0.1) is 0 Å². The highest BCUT2D eigenvalue weighted by Gasteiger charge is 2.07. The van der Waals surface area contributed by atoms with E-state index in [1.165, 1.54) is 0 Å². The summed E-state index contributed by atoms with van der Waals surface area (Å²) in [7, 11) is 1.60. The molecule has 3 rings (SSSR count). The van der Waals surface area contributed by atoms with Crippen molar-refractivity contribution < 1.29 is 9.59 Å². The normalized spacial score (nSPS) is 10.5. The molecule has 1 aromatic heterocycles. The largest absolute Gasteiger partial charge is 0.355 e. The minimum absolute atomic E-state index is 0.120. The first-order chi connectivity index (χ1) is 13.5. The van der Waals surface area contributed by atoms with Crippen molar-refractivity contribution in [3.05, 3.63) is 81.9 Å². The maximum atomic E-state index is 12.3. The number of thiazole rings is 1. The summed E-state index contributed by atoms with van der Waals surface area (Å²) in [5.74, 6) is 0.580. The number of nitrogens with one attached hydrogen (secondary N) is 2. The van der Waals surface area contributed by atoms with Gasteiger partial charge in [0.1, 0.15) is 4.34 Å². The fourth-order valence-electron chi connectivity index (χ4n) is 2.50. The van der Waals surface area contributed by atoms with Crippen molar-refractivity contribution in [3.8, 4) is 0 Å². The Kier molecular flexibility index (Phi) is 6.84. The number of carbonyl (C=O) groups excluding carboxylic acids is 2. The van der Waals surface area contributed by atoms with Crippen LogP contribution in [0.15, 0.2) is 58.3 Å². The van der Waals surface area contributed by atoms with E-state index in [0.717, 1.165) is 26.9 Å². The van der Waals surface area contributed by atoms with Crippen LogP contribution in [0.3, 0.4) is 0 Å². The van der Waals surface area contributed by atoms with Gasteiger partial charge in [0.2, 0.25) is 0 Å². The molecule has 5 nitrogen and oxygen atoms in total. The van der Waals surface area contributed by atoms with Gasteiger partial charge >= 0.3 is 0 Å². The molecule has 0 bridgehead atoms. The molecule has 0 aliphatic carbocycles. The molecule has 0 atom stereocenters. The standard InChI is InChI=1S/C21H21N3O2S2/c1-14-12-27-21(24-14)28-13-16-5-9-18(10-6-16)20(26)23-11-15-3-7-17(8-4-15)19(25)22-2/h3-10,12H,11,13H2,1-2H3,(H,22,25)(H,23,26). The lowest BCUT2D eigenvalue weighted by Gasteiger charge is -2.07. The third kappa shape index (κ3) is 5.43. The minimum Gasteiger partial charge on any atom is -0.355 e. The number of thioether (sulfide) groups is 1. The van der Waals surface area contributed by atoms with Gasteiger partial charge in [-0.2, -0.15) is 0 Å². The predicted octanol–water partition coefficient (Wildman–Crippen LogP) is 4.03. The Hall–Kier alpha value is -2.64. The Labute approximate surface area is 172 Å². The molecular formula is C21H21N3O2S2. The average Bonchev–Trinajstić information content (AvgIpc) is 3.16. The van der Waals surface area contributed by atoms with Crippen LogP contribution in [0.25, 0.3) is 0 Å². The van der Waals surface area contributed by atoms with Crippen molar-refractivity contribution in [2.24, 2.45) is 0 Å². The molecule has 0 aliphatic rings. The van der Waals surface area contributed by atoms with E-state index in [4.69, 9.17) is 0 Å². The lowest BCUT2D eigenvalue weighted by molar-refractivity contribution is 0.0946. The van der Waals surface area contributed by atoms with E-state index >= 15 is 0 Å². The second kappa shape index (κ2) is 9.52. The Bertz CT molecular complexity index is 951. The molecule has 2 N–H and O–H groups in total. The number of aromatic nitrogens is 1. The highest BCUT2D eigenvalue weighted by Crippen LogP contribution is 2.26. The number of rotatable bonds is 7. The number of aryl methyl sites for hydroxylation is 1. The third-order valence-electron chi connectivity index (χ3n) is 4.07. The molecule has 0 aliphatic heterocycles. The number of amides is 2. The van der Waals surface area contributed by atoms with E-state index in [1.807, 2.05) is 48.7 Å². The van der Waals surface area contributed by atoms with Crippen molar-refractivity contribution in [3.63, 3.8) is 0 Å². The molecule has 0 saturated heterocycles. The first-order valence-corrected chi connectivity index (χ1v) is 10.6. The van der Waals surface area contributed by atoms with Crippen LogP contribution in [0.2, 0.25) is 0 Å². The van der Waals surface area contributed by atoms with Gasteiger partial charge in [-0.1, -0.05) is 36.0 Å². The van der Waals surface area contributed by atoms with Gasteiger partial charge in [0.25, 0.3) is 11.8 Å². The molecule has 3 aromatic rings. The van der Waals surface area contributed by atoms with Gasteiger partial charge in [-0.15, -0.1) is 11.3 Å². The van der Waals surface area contributed by atoms with Crippen LogP contribution in [0.1, 0.15) is 37.5 Å². The van der Waals surface area contributed by atoms with Gasteiger partial charge in [-0.3, -0.25) is 9.59 Å². The van der Waals surface area contributed by atoms with Crippen LogP contribution in [0, 0.1) is 6.92 Å². The summed E-state index contributed by atoms with van der Waals surface area (Å²) in [4.78, 5) is 28.3. The summed E-state index contributed by atoms with van der Waals surface area (Å²) in [5.41, 5.74) is 4.36. The summed E-state index contributed by atoms with van der Waals surface area (Å²) < 4.78 is 1.06. The SMILES string of the molecule is CNC(=O)c1ccc(CNC(=O)c2ccc(CSc3nc(C)cs3)cc2)cc1. The molecule has 1 heterocycles. The van der Waals surface area contributed by atoms with E-state index in [9.17, 15) is 9.59 Å². The van der Waals surface area contributed by atoms with Crippen LogP contribution < -0.4 is 10.6 Å². The summed E-state index contributed by atoms with van der Waals surface area (Å²) in [6.45, 7) is 2.40. The lowest BCUT2D eigenvalue weighted by Crippen LogP contribution is -2.23. The summed E-state index contributed by atoms with van der Waals surface area (Å²) in [6, 6.07) is 14.8. The second-order valence-electron chi connectivity index (χ2n) is 6.20. The Morgan fingerprint density at radius 2 is 1.57 bits per heavy atom. The van der Waals surface area contributed by atoms with Crippen LogP contribution in [-0.4, -0.2) is 23.8 Å². The van der Waals surface area contributed by atoms with Crippen LogP contribution in [-0.2, 0) is 12.3 Å². The van der Waals surface area contributed by atoms with Crippen molar-refractivity contribution in [2.75, 3.05) is 7.05 Å². The molecule has 0 unspecified atom stereocenters. The Morgan fingerprint density at radius 3 is 2.14 bits per heavy atom. The first-order valence-electron chi connectivity index (χ1n) is 8.78. The highest BCUT2D eigenvalue weighted by atomic mass is 32.2. The summed E-state index contributed by atoms with van der Waals surface area (Å²) in [6.07, 6.45) is 0. The molecule has 0 radical (unpaired) electrons. The van der Waals surface area contributed by atoms with Crippen molar-refractivity contribution in [2.45, 2.75) is 23.6 Å². The quantitative estimate of drug-likeness (QED) is 0.576. The molecule has 2 aromatic carbocycles. The number of hydrogen-bond donors (Lipinski definition) is 2. The predicted molar refractivity (Wildman–Crippen MR) is 114 cm³/mol. The monoisotopic (exact) mass is 411 g/mol. The summed E-state index contributed by atoms with van der Waals surface area (Å²) in [5, 5.41) is 7.53. The summed E-state index contributed by atoms with van der Waals surface area (Å²) >= 11 is 3.35. The van der Waals surface area contributed by atoms with Crippen molar-refractivity contribution in [1.82, 2.24) is 15.6 Å². The smallest absolute Gasteiger partial charge is 0.251 e. The molecule has 2 amide bonds. The molecule has 0 fully saturated rings. The van der Waals surface area contributed by atoms with E-state index in [2.05, 4.69) is 15.6 Å². The zero-order valence-corrected chi connectivity index (χ0v) is 17.3. The molecular weight excluding hydrogens is 390 g/mol. The molecule has 0 spiro atoms. The topological polar surface area (TPSA) is 71.1 Å². The van der Waals surface area contributed by atoms with Crippen molar-refractivity contribution >= 4 is 34.9 Å². The van der Waals surface area contributed by atoms with Crippen molar-refractivity contribution in [1.29, 1.82) is 0 Å². The maximum Gasteiger partial charge on any atom is 0.251 e. The fraction of sp³-hybridized carbons (Fsp3) is 0.190. The van der Waals surface area contributed by atoms with Crippen LogP contribution in [0.4, 0.5) is 0 Å². The van der Waals surface area contributed by atoms with Crippen LogP contribution in [0.5, 0.6) is 0 Å². The third-order valence-corrected chi connectivity index (χ3v) is 6.28. The number of benzene rings is 2. The molecule has 0 saturated carbocycles. The average molecular weight is 412 g/mol. The van der Waals surface area contributed by atoms with E-state index in [0.29, 0.717) is 17.7 Å². The molecule has 28 heavy (non-hydrogen) atoms. The number of hydrogen-bond acceptors (Lipinski definition) is 5. The van der Waals surface area contributed by atoms with Gasteiger partial charge in [-0.05, 0) is 42.3 Å². The zero-order valence-electron chi connectivity index (χ0n) is 15.7. The van der Waals surface area contributed by atoms with Gasteiger partial charge in [0.15, 0.2) is 0 Å². The second-order valence-corrected chi connectivity index (χ2v) is 8.28. The molecule has 7 heteroatoms. The highest BCUT2D eigenvalue weighted by molar-refractivity contribution is 8.00. The van der Waals surface area contributed by atoms with Gasteiger partial charge in [-0.25, -0.2) is 4.98 Å². The van der Waals surface area contributed by atoms with E-state index in [1.54, 1.807) is 42.3 Å². The van der Waals surface area contributed by atoms with Gasteiger partial charge < -0.3 is 10.6 Å².